The minimum absolute atomic E-state index is 0.0637. The van der Waals surface area contributed by atoms with Crippen LogP contribution in [0.5, 0.6) is 0 Å². The number of nitrogens with zero attached hydrogens (tertiary/aromatic N) is 2. The number of hydrogen-bond acceptors (Lipinski definition) is 2. The molecule has 1 spiro atoms. The first-order chi connectivity index (χ1) is 12.7. The van der Waals surface area contributed by atoms with Gasteiger partial charge in [0.05, 0.1) is 11.6 Å². The highest BCUT2D eigenvalue weighted by Gasteiger charge is 2.54. The molecular formula is C22H26N2OS. The second-order valence-corrected chi connectivity index (χ2v) is 9.08. The van der Waals surface area contributed by atoms with E-state index in [0.29, 0.717) is 11.0 Å². The number of carbonyl (C=O) groups excluding carboxylic acids is 1. The third-order valence-corrected chi connectivity index (χ3v) is 7.51. The molecule has 1 amide bonds. The Hall–Kier alpha value is -1.55. The summed E-state index contributed by atoms with van der Waals surface area (Å²) in [7, 11) is 0. The van der Waals surface area contributed by atoms with Gasteiger partial charge in [0, 0.05) is 12.1 Å². The van der Waals surface area contributed by atoms with Crippen molar-refractivity contribution in [2.75, 3.05) is 6.54 Å². The van der Waals surface area contributed by atoms with Crippen LogP contribution in [0, 0.1) is 17.3 Å². The highest BCUT2D eigenvalue weighted by atomic mass is 32.1. The summed E-state index contributed by atoms with van der Waals surface area (Å²) in [4.78, 5) is 20.4. The first kappa shape index (κ1) is 16.6. The van der Waals surface area contributed by atoms with Crippen molar-refractivity contribution in [3.05, 3.63) is 35.4 Å². The van der Waals surface area contributed by atoms with Gasteiger partial charge in [-0.2, -0.15) is 0 Å². The Morgan fingerprint density at radius 1 is 1.12 bits per heavy atom. The van der Waals surface area contributed by atoms with Gasteiger partial charge in [0.2, 0.25) is 11.0 Å². The predicted octanol–water partition coefficient (Wildman–Crippen LogP) is 4.53. The summed E-state index contributed by atoms with van der Waals surface area (Å²) in [6.45, 7) is 0.780. The van der Waals surface area contributed by atoms with Gasteiger partial charge < -0.3 is 0 Å². The van der Waals surface area contributed by atoms with Gasteiger partial charge in [0.1, 0.15) is 0 Å². The maximum atomic E-state index is 13.7. The molecule has 3 nitrogen and oxygen atoms in total. The molecule has 1 atom stereocenters. The molecule has 1 aromatic rings. The molecule has 2 fully saturated rings. The number of benzene rings is 1. The van der Waals surface area contributed by atoms with Crippen molar-refractivity contribution in [3.8, 4) is 0 Å². The van der Waals surface area contributed by atoms with Crippen molar-refractivity contribution < 1.29 is 4.79 Å². The maximum absolute atomic E-state index is 13.7. The van der Waals surface area contributed by atoms with Crippen molar-refractivity contribution >= 4 is 28.9 Å². The van der Waals surface area contributed by atoms with Crippen molar-refractivity contribution in [3.63, 3.8) is 0 Å². The fraction of sp³-hybridized carbons (Fsp3) is 0.591. The van der Waals surface area contributed by atoms with E-state index in [4.69, 9.17) is 17.2 Å². The molecule has 2 saturated carbocycles. The Morgan fingerprint density at radius 2 is 1.85 bits per heavy atom. The third-order valence-electron chi connectivity index (χ3n) is 7.20. The molecule has 5 rings (SSSR count). The molecule has 0 bridgehead atoms. The standard InChI is InChI=1S/C22H26N2OS/c25-20-18-19(23-21(26)24(20)14-15-7-1-2-8-15)17-10-4-3-9-16(17)13-22(18)11-5-6-12-22/h3-4,9-10,15,18H,1-2,5-8,11-14H2. The SMILES string of the molecule is O=C1C2C(=NC(=S)N1CC1CCCC1)c1ccccc1CC21CCCC1. The Balaban J connectivity index is 1.58. The van der Waals surface area contributed by atoms with Crippen LogP contribution in [0.2, 0.25) is 0 Å². The predicted molar refractivity (Wildman–Crippen MR) is 107 cm³/mol. The van der Waals surface area contributed by atoms with Gasteiger partial charge in [-0.05, 0) is 61.2 Å². The Labute approximate surface area is 160 Å². The Morgan fingerprint density at radius 3 is 2.62 bits per heavy atom. The van der Waals surface area contributed by atoms with Crippen LogP contribution in [0.25, 0.3) is 0 Å². The van der Waals surface area contributed by atoms with Crippen molar-refractivity contribution in [2.45, 2.75) is 57.8 Å². The van der Waals surface area contributed by atoms with Crippen LogP contribution in [-0.2, 0) is 11.2 Å². The quantitative estimate of drug-likeness (QED) is 0.721. The minimum Gasteiger partial charge on any atom is -0.287 e. The van der Waals surface area contributed by atoms with Crippen LogP contribution in [0.4, 0.5) is 0 Å². The molecule has 4 aliphatic rings. The lowest BCUT2D eigenvalue weighted by molar-refractivity contribution is -0.133. The topological polar surface area (TPSA) is 32.7 Å². The molecule has 136 valence electrons. The fourth-order valence-corrected chi connectivity index (χ4v) is 6.20. The average Bonchev–Trinajstić information content (AvgIpc) is 3.31. The van der Waals surface area contributed by atoms with E-state index >= 15 is 0 Å². The van der Waals surface area contributed by atoms with E-state index in [-0.39, 0.29) is 17.2 Å². The minimum atomic E-state index is -0.0898. The summed E-state index contributed by atoms with van der Waals surface area (Å²) in [5, 5.41) is 0.498. The third kappa shape index (κ3) is 2.49. The number of thiocarbonyl (C=S) groups is 1. The van der Waals surface area contributed by atoms with Crippen LogP contribution in [0.15, 0.2) is 29.3 Å². The molecule has 26 heavy (non-hydrogen) atoms. The summed E-state index contributed by atoms with van der Waals surface area (Å²) >= 11 is 5.62. The van der Waals surface area contributed by atoms with E-state index in [9.17, 15) is 4.79 Å². The van der Waals surface area contributed by atoms with Crippen LogP contribution in [-0.4, -0.2) is 28.2 Å². The molecule has 0 radical (unpaired) electrons. The summed E-state index contributed by atoms with van der Waals surface area (Å²) in [5.41, 5.74) is 3.54. The zero-order chi connectivity index (χ0) is 17.7. The smallest absolute Gasteiger partial charge is 0.238 e. The van der Waals surface area contributed by atoms with Crippen molar-refractivity contribution in [1.29, 1.82) is 0 Å². The second-order valence-electron chi connectivity index (χ2n) is 8.72. The highest BCUT2D eigenvalue weighted by Crippen LogP contribution is 2.52. The average molecular weight is 367 g/mol. The van der Waals surface area contributed by atoms with Crippen LogP contribution < -0.4 is 0 Å². The Kier molecular flexibility index (Phi) is 4.00. The number of hydrogen-bond donors (Lipinski definition) is 0. The monoisotopic (exact) mass is 366 g/mol. The lowest BCUT2D eigenvalue weighted by Crippen LogP contribution is -2.56. The van der Waals surface area contributed by atoms with E-state index < -0.39 is 0 Å². The van der Waals surface area contributed by atoms with Crippen LogP contribution in [0.3, 0.4) is 0 Å². The van der Waals surface area contributed by atoms with Gasteiger partial charge in [0.15, 0.2) is 0 Å². The van der Waals surface area contributed by atoms with Crippen LogP contribution in [0.1, 0.15) is 62.5 Å². The largest absolute Gasteiger partial charge is 0.287 e. The summed E-state index contributed by atoms with van der Waals surface area (Å²) < 4.78 is 0. The van der Waals surface area contributed by atoms with Gasteiger partial charge in [-0.1, -0.05) is 49.9 Å². The van der Waals surface area contributed by atoms with E-state index in [0.717, 1.165) is 37.1 Å². The number of carbonyl (C=O) groups is 1. The summed E-state index contributed by atoms with van der Waals surface area (Å²) in [6, 6.07) is 8.51. The van der Waals surface area contributed by atoms with E-state index in [1.807, 2.05) is 4.90 Å². The van der Waals surface area contributed by atoms with E-state index in [2.05, 4.69) is 24.3 Å². The van der Waals surface area contributed by atoms with Gasteiger partial charge in [-0.3, -0.25) is 9.69 Å². The number of aliphatic imine (C=N–C) groups is 1. The van der Waals surface area contributed by atoms with Gasteiger partial charge >= 0.3 is 0 Å². The molecule has 4 heteroatoms. The molecule has 1 aromatic carbocycles. The molecule has 0 aromatic heterocycles. The maximum Gasteiger partial charge on any atom is 0.238 e. The molecule has 1 aliphatic heterocycles. The van der Waals surface area contributed by atoms with Gasteiger partial charge in [0.25, 0.3) is 0 Å². The van der Waals surface area contributed by atoms with E-state index in [1.54, 1.807) is 0 Å². The molecule has 1 heterocycles. The molecule has 0 N–H and O–H groups in total. The van der Waals surface area contributed by atoms with Crippen LogP contribution >= 0.6 is 12.2 Å². The zero-order valence-corrected chi connectivity index (χ0v) is 16.1. The number of fused-ring (bicyclic) bond motifs is 4. The summed E-state index contributed by atoms with van der Waals surface area (Å²) in [6.07, 6.45) is 10.8. The fourth-order valence-electron chi connectivity index (χ4n) is 5.93. The Bertz CT molecular complexity index is 787. The van der Waals surface area contributed by atoms with Gasteiger partial charge in [-0.15, -0.1) is 0 Å². The number of amides is 1. The molecule has 3 aliphatic carbocycles. The lowest BCUT2D eigenvalue weighted by Gasteiger charge is -2.46. The number of rotatable bonds is 2. The lowest BCUT2D eigenvalue weighted by atomic mass is 9.61. The second kappa shape index (κ2) is 6.26. The molecule has 0 saturated heterocycles. The first-order valence-corrected chi connectivity index (χ1v) is 10.6. The van der Waals surface area contributed by atoms with Gasteiger partial charge in [-0.25, -0.2) is 4.99 Å². The first-order valence-electron chi connectivity index (χ1n) is 10.2. The zero-order valence-electron chi connectivity index (χ0n) is 15.2. The van der Waals surface area contributed by atoms with Crippen molar-refractivity contribution in [2.24, 2.45) is 22.2 Å². The summed E-state index contributed by atoms with van der Waals surface area (Å²) in [5.74, 6) is 0.750. The molecular weight excluding hydrogens is 340 g/mol. The highest BCUT2D eigenvalue weighted by molar-refractivity contribution is 7.80. The van der Waals surface area contributed by atoms with Crippen molar-refractivity contribution in [1.82, 2.24) is 4.90 Å². The van der Waals surface area contributed by atoms with E-state index in [1.165, 1.54) is 44.1 Å². The normalized spacial score (nSPS) is 27.6. The molecule has 1 unspecified atom stereocenters.